The molecule has 0 aromatic heterocycles. The van der Waals surface area contributed by atoms with Crippen LogP contribution in [0.25, 0.3) is 0 Å². The SMILES string of the molecule is CCOc1cc(C)ccc1NC(=O)C1CCCNC1. The first kappa shape index (κ1) is 13.9. The van der Waals surface area contributed by atoms with Crippen molar-refractivity contribution in [3.63, 3.8) is 0 Å². The fraction of sp³-hybridized carbons (Fsp3) is 0.533. The van der Waals surface area contributed by atoms with E-state index in [9.17, 15) is 4.79 Å². The van der Waals surface area contributed by atoms with Gasteiger partial charge < -0.3 is 15.4 Å². The Hall–Kier alpha value is -1.55. The van der Waals surface area contributed by atoms with E-state index in [1.165, 1.54) is 0 Å². The van der Waals surface area contributed by atoms with Crippen LogP contribution < -0.4 is 15.4 Å². The van der Waals surface area contributed by atoms with Crippen molar-refractivity contribution in [3.8, 4) is 5.75 Å². The second kappa shape index (κ2) is 6.57. The van der Waals surface area contributed by atoms with Gasteiger partial charge in [-0.2, -0.15) is 0 Å². The lowest BCUT2D eigenvalue weighted by Crippen LogP contribution is -2.37. The van der Waals surface area contributed by atoms with Gasteiger partial charge in [0.05, 0.1) is 18.2 Å². The van der Waals surface area contributed by atoms with Crippen molar-refractivity contribution in [1.82, 2.24) is 5.32 Å². The monoisotopic (exact) mass is 262 g/mol. The predicted molar refractivity (Wildman–Crippen MR) is 76.6 cm³/mol. The molecule has 1 saturated heterocycles. The van der Waals surface area contributed by atoms with Crippen LogP contribution in [0.2, 0.25) is 0 Å². The van der Waals surface area contributed by atoms with Crippen LogP contribution in [-0.2, 0) is 4.79 Å². The molecule has 2 rings (SSSR count). The van der Waals surface area contributed by atoms with Crippen molar-refractivity contribution in [2.24, 2.45) is 5.92 Å². The number of carbonyl (C=O) groups excluding carboxylic acids is 1. The van der Waals surface area contributed by atoms with Crippen LogP contribution in [-0.4, -0.2) is 25.6 Å². The van der Waals surface area contributed by atoms with Crippen molar-refractivity contribution < 1.29 is 9.53 Å². The number of amides is 1. The van der Waals surface area contributed by atoms with E-state index >= 15 is 0 Å². The van der Waals surface area contributed by atoms with Crippen molar-refractivity contribution in [1.29, 1.82) is 0 Å². The molecule has 4 heteroatoms. The van der Waals surface area contributed by atoms with Gasteiger partial charge in [-0.15, -0.1) is 0 Å². The fourth-order valence-corrected chi connectivity index (χ4v) is 2.32. The fourth-order valence-electron chi connectivity index (χ4n) is 2.32. The summed E-state index contributed by atoms with van der Waals surface area (Å²) < 4.78 is 5.58. The van der Waals surface area contributed by atoms with E-state index in [2.05, 4.69) is 10.6 Å². The average molecular weight is 262 g/mol. The maximum Gasteiger partial charge on any atom is 0.228 e. The third-order valence-electron chi connectivity index (χ3n) is 3.36. The van der Waals surface area contributed by atoms with Gasteiger partial charge in [0.2, 0.25) is 5.91 Å². The molecular weight excluding hydrogens is 240 g/mol. The zero-order valence-corrected chi connectivity index (χ0v) is 11.7. The highest BCUT2D eigenvalue weighted by Gasteiger charge is 2.21. The molecule has 0 aliphatic carbocycles. The topological polar surface area (TPSA) is 50.4 Å². The molecule has 0 saturated carbocycles. The molecule has 1 aromatic rings. The van der Waals surface area contributed by atoms with Gasteiger partial charge in [-0.05, 0) is 50.9 Å². The lowest BCUT2D eigenvalue weighted by molar-refractivity contribution is -0.120. The summed E-state index contributed by atoms with van der Waals surface area (Å²) in [6.45, 7) is 6.33. The Kier molecular flexibility index (Phi) is 4.80. The van der Waals surface area contributed by atoms with Gasteiger partial charge in [0.1, 0.15) is 5.75 Å². The molecule has 4 nitrogen and oxygen atoms in total. The predicted octanol–water partition coefficient (Wildman–Crippen LogP) is 2.33. The largest absolute Gasteiger partial charge is 0.492 e. The van der Waals surface area contributed by atoms with Crippen LogP contribution in [0.4, 0.5) is 5.69 Å². The maximum absolute atomic E-state index is 12.2. The molecule has 1 aliphatic rings. The summed E-state index contributed by atoms with van der Waals surface area (Å²) in [5, 5.41) is 6.25. The van der Waals surface area contributed by atoms with E-state index < -0.39 is 0 Å². The standard InChI is InChI=1S/C15H22N2O2/c1-3-19-14-9-11(2)6-7-13(14)17-15(18)12-5-4-8-16-10-12/h6-7,9,12,16H,3-5,8,10H2,1-2H3,(H,17,18). The minimum Gasteiger partial charge on any atom is -0.492 e. The van der Waals surface area contributed by atoms with Crippen molar-refractivity contribution in [2.75, 3.05) is 25.0 Å². The van der Waals surface area contributed by atoms with Crippen LogP contribution in [0.5, 0.6) is 5.75 Å². The molecule has 2 N–H and O–H groups in total. The maximum atomic E-state index is 12.2. The lowest BCUT2D eigenvalue weighted by atomic mass is 9.98. The minimum atomic E-state index is 0.0597. The summed E-state index contributed by atoms with van der Waals surface area (Å²) in [4.78, 5) is 12.2. The molecule has 1 amide bonds. The van der Waals surface area contributed by atoms with Gasteiger partial charge in [0.25, 0.3) is 0 Å². The number of hydrogen-bond donors (Lipinski definition) is 2. The molecule has 104 valence electrons. The van der Waals surface area contributed by atoms with Crippen molar-refractivity contribution >= 4 is 11.6 Å². The summed E-state index contributed by atoms with van der Waals surface area (Å²) in [7, 11) is 0. The van der Waals surface area contributed by atoms with Crippen LogP contribution in [0.15, 0.2) is 18.2 Å². The van der Waals surface area contributed by atoms with Gasteiger partial charge in [-0.1, -0.05) is 6.07 Å². The molecule has 1 atom stereocenters. The Balaban J connectivity index is 2.06. The summed E-state index contributed by atoms with van der Waals surface area (Å²) in [6.07, 6.45) is 2.01. The van der Waals surface area contributed by atoms with Crippen LogP contribution in [0, 0.1) is 12.8 Å². The van der Waals surface area contributed by atoms with E-state index in [0.717, 1.165) is 42.9 Å². The number of nitrogens with one attached hydrogen (secondary N) is 2. The number of carbonyl (C=O) groups is 1. The number of ether oxygens (including phenoxy) is 1. The van der Waals surface area contributed by atoms with E-state index in [1.54, 1.807) is 0 Å². The van der Waals surface area contributed by atoms with E-state index in [4.69, 9.17) is 4.74 Å². The molecule has 19 heavy (non-hydrogen) atoms. The van der Waals surface area contributed by atoms with Gasteiger partial charge >= 0.3 is 0 Å². The Bertz CT molecular complexity index is 440. The molecular formula is C15H22N2O2. The minimum absolute atomic E-state index is 0.0597. The van der Waals surface area contributed by atoms with E-state index in [-0.39, 0.29) is 11.8 Å². The molecule has 1 aliphatic heterocycles. The molecule has 0 spiro atoms. The van der Waals surface area contributed by atoms with Gasteiger partial charge in [-0.3, -0.25) is 4.79 Å². The molecule has 1 fully saturated rings. The zero-order valence-electron chi connectivity index (χ0n) is 11.7. The highest BCUT2D eigenvalue weighted by Crippen LogP contribution is 2.26. The Morgan fingerprint density at radius 3 is 3.05 bits per heavy atom. The Morgan fingerprint density at radius 1 is 1.53 bits per heavy atom. The Morgan fingerprint density at radius 2 is 2.37 bits per heavy atom. The number of benzene rings is 1. The highest BCUT2D eigenvalue weighted by atomic mass is 16.5. The summed E-state index contributed by atoms with van der Waals surface area (Å²) in [5.41, 5.74) is 1.89. The average Bonchev–Trinajstić information content (AvgIpc) is 2.43. The molecule has 0 radical (unpaired) electrons. The summed E-state index contributed by atoms with van der Waals surface area (Å²) in [5.74, 6) is 0.890. The molecule has 0 bridgehead atoms. The lowest BCUT2D eigenvalue weighted by Gasteiger charge is -2.22. The summed E-state index contributed by atoms with van der Waals surface area (Å²) in [6, 6.07) is 5.85. The normalized spacial score (nSPS) is 18.9. The smallest absolute Gasteiger partial charge is 0.228 e. The number of hydrogen-bond acceptors (Lipinski definition) is 3. The highest BCUT2D eigenvalue weighted by molar-refractivity contribution is 5.94. The second-order valence-corrected chi connectivity index (χ2v) is 4.97. The molecule has 1 aromatic carbocycles. The van der Waals surface area contributed by atoms with Crippen molar-refractivity contribution in [3.05, 3.63) is 23.8 Å². The van der Waals surface area contributed by atoms with Crippen LogP contribution in [0.1, 0.15) is 25.3 Å². The Labute approximate surface area is 114 Å². The van der Waals surface area contributed by atoms with Crippen molar-refractivity contribution in [2.45, 2.75) is 26.7 Å². The third kappa shape index (κ3) is 3.70. The molecule has 1 unspecified atom stereocenters. The van der Waals surface area contributed by atoms with Crippen LogP contribution in [0.3, 0.4) is 0 Å². The van der Waals surface area contributed by atoms with Crippen LogP contribution >= 0.6 is 0 Å². The first-order chi connectivity index (χ1) is 9.20. The number of piperidine rings is 1. The third-order valence-corrected chi connectivity index (χ3v) is 3.36. The number of anilines is 1. The summed E-state index contributed by atoms with van der Waals surface area (Å²) >= 11 is 0. The number of aryl methyl sites for hydroxylation is 1. The number of rotatable bonds is 4. The molecule has 1 heterocycles. The quantitative estimate of drug-likeness (QED) is 0.875. The van der Waals surface area contributed by atoms with Gasteiger partial charge in [0.15, 0.2) is 0 Å². The van der Waals surface area contributed by atoms with E-state index in [0.29, 0.717) is 6.61 Å². The zero-order chi connectivity index (χ0) is 13.7. The first-order valence-corrected chi connectivity index (χ1v) is 6.95. The van der Waals surface area contributed by atoms with Gasteiger partial charge in [0, 0.05) is 6.54 Å². The van der Waals surface area contributed by atoms with E-state index in [1.807, 2.05) is 32.0 Å². The van der Waals surface area contributed by atoms with Gasteiger partial charge in [-0.25, -0.2) is 0 Å². The first-order valence-electron chi connectivity index (χ1n) is 6.95. The second-order valence-electron chi connectivity index (χ2n) is 4.97.